The van der Waals surface area contributed by atoms with Gasteiger partial charge in [-0.15, -0.1) is 0 Å². The van der Waals surface area contributed by atoms with E-state index in [1.165, 1.54) is 0 Å². The average molecular weight is 199 g/mol. The molecular weight excluding hydrogens is 193 g/mol. The third-order valence-corrected chi connectivity index (χ3v) is 2.33. The maximum Gasteiger partial charge on any atom is 0.0663 e. The zero-order valence-corrected chi connectivity index (χ0v) is 7.92. The van der Waals surface area contributed by atoms with Crippen molar-refractivity contribution < 1.29 is 0 Å². The molecule has 3 heteroatoms. The first-order valence-electron chi connectivity index (χ1n) is 3.53. The first kappa shape index (κ1) is 7.96. The number of H-pyrrole nitrogens is 1. The molecule has 61 valence electrons. The number of fused-ring (bicyclic) bond motifs is 1. The Morgan fingerprint density at radius 1 is 1.33 bits per heavy atom. The summed E-state index contributed by atoms with van der Waals surface area (Å²) in [4.78, 5) is 2.98. The van der Waals surface area contributed by atoms with Gasteiger partial charge < -0.3 is 4.98 Å². The molecule has 0 aliphatic rings. The van der Waals surface area contributed by atoms with Crippen molar-refractivity contribution in [2.45, 2.75) is 6.92 Å². The van der Waals surface area contributed by atoms with Gasteiger partial charge in [-0.3, -0.25) is 0 Å². The first-order valence-corrected chi connectivity index (χ1v) is 4.29. The molecule has 0 aliphatic carbocycles. The Kier molecular flexibility index (Phi) is 1.78. The Balaban J connectivity index is 2.93. The summed E-state index contributed by atoms with van der Waals surface area (Å²) in [5.74, 6) is 0. The van der Waals surface area contributed by atoms with E-state index in [1.54, 1.807) is 6.07 Å². The summed E-state index contributed by atoms with van der Waals surface area (Å²) in [7, 11) is 0. The van der Waals surface area contributed by atoms with Crippen LogP contribution < -0.4 is 0 Å². The van der Waals surface area contributed by atoms with Crippen LogP contribution in [0, 0.1) is 13.1 Å². The number of benzene rings is 1. The van der Waals surface area contributed by atoms with Crippen molar-refractivity contribution in [3.8, 4) is 0 Å². The predicted octanol–water partition coefficient (Wildman–Crippen LogP) is 3.58. The highest BCUT2D eigenvalue weighted by molar-refractivity contribution is 6.38. The van der Waals surface area contributed by atoms with Crippen molar-refractivity contribution in [3.63, 3.8) is 0 Å². The van der Waals surface area contributed by atoms with E-state index >= 15 is 0 Å². The number of aromatic nitrogens is 1. The van der Waals surface area contributed by atoms with Crippen LogP contribution in [-0.2, 0) is 0 Å². The number of hydrogen-bond acceptors (Lipinski definition) is 0. The molecule has 1 heterocycles. The molecule has 0 bridgehead atoms. The Morgan fingerprint density at radius 3 is 2.83 bits per heavy atom. The molecule has 0 spiro atoms. The molecule has 1 radical (unpaired) electrons. The lowest BCUT2D eigenvalue weighted by Gasteiger charge is -1.96. The van der Waals surface area contributed by atoms with Gasteiger partial charge in [0, 0.05) is 15.9 Å². The second-order valence-corrected chi connectivity index (χ2v) is 3.53. The van der Waals surface area contributed by atoms with Gasteiger partial charge in [-0.1, -0.05) is 23.2 Å². The summed E-state index contributed by atoms with van der Waals surface area (Å²) in [6.07, 6.45) is 2.98. The van der Waals surface area contributed by atoms with E-state index in [2.05, 4.69) is 11.2 Å². The zero-order chi connectivity index (χ0) is 8.72. The van der Waals surface area contributed by atoms with Crippen LogP contribution in [0.3, 0.4) is 0 Å². The predicted molar refractivity (Wildman–Crippen MR) is 51.9 cm³/mol. The summed E-state index contributed by atoms with van der Waals surface area (Å²) >= 11 is 11.8. The van der Waals surface area contributed by atoms with Gasteiger partial charge in [0.1, 0.15) is 0 Å². The molecule has 1 aromatic heterocycles. The summed E-state index contributed by atoms with van der Waals surface area (Å²) in [6.45, 7) is 1.96. The largest absolute Gasteiger partial charge is 0.353 e. The Bertz CT molecular complexity index is 431. The Morgan fingerprint density at radius 2 is 2.08 bits per heavy atom. The molecular formula is C9H6Cl2N. The lowest BCUT2D eigenvalue weighted by molar-refractivity contribution is 1.40. The summed E-state index contributed by atoms with van der Waals surface area (Å²) in [5, 5.41) is 2.32. The van der Waals surface area contributed by atoms with Gasteiger partial charge in [-0.05, 0) is 24.6 Å². The van der Waals surface area contributed by atoms with E-state index in [0.717, 1.165) is 16.5 Å². The van der Waals surface area contributed by atoms with Crippen LogP contribution in [0.1, 0.15) is 5.56 Å². The third kappa shape index (κ3) is 1.10. The SMILES string of the molecule is Cc1[c][nH]c2cc(Cl)cc(Cl)c12. The van der Waals surface area contributed by atoms with Crippen molar-refractivity contribution in [3.05, 3.63) is 33.9 Å². The van der Waals surface area contributed by atoms with E-state index in [4.69, 9.17) is 23.2 Å². The minimum Gasteiger partial charge on any atom is -0.353 e. The van der Waals surface area contributed by atoms with Crippen molar-refractivity contribution in [1.29, 1.82) is 0 Å². The normalized spacial score (nSPS) is 10.9. The molecule has 0 amide bonds. The van der Waals surface area contributed by atoms with Gasteiger partial charge in [0.05, 0.1) is 11.2 Å². The molecule has 0 saturated heterocycles. The second kappa shape index (κ2) is 2.68. The molecule has 2 aromatic rings. The first-order chi connectivity index (χ1) is 5.68. The molecule has 0 unspecified atom stereocenters. The van der Waals surface area contributed by atoms with Gasteiger partial charge in [-0.25, -0.2) is 0 Å². The summed E-state index contributed by atoms with van der Waals surface area (Å²) in [6, 6.07) is 3.58. The van der Waals surface area contributed by atoms with E-state index < -0.39 is 0 Å². The van der Waals surface area contributed by atoms with E-state index in [1.807, 2.05) is 13.0 Å². The number of aromatic amines is 1. The standard InChI is InChI=1S/C9H6Cl2N/c1-5-4-12-8-3-6(10)2-7(11)9(5)8/h2-3,12H,1H3. The number of halogens is 2. The highest BCUT2D eigenvalue weighted by atomic mass is 35.5. The van der Waals surface area contributed by atoms with Gasteiger partial charge in [0.15, 0.2) is 0 Å². The van der Waals surface area contributed by atoms with E-state index in [0.29, 0.717) is 10.0 Å². The van der Waals surface area contributed by atoms with Crippen LogP contribution in [0.4, 0.5) is 0 Å². The van der Waals surface area contributed by atoms with Gasteiger partial charge in [0.25, 0.3) is 0 Å². The molecule has 1 aromatic carbocycles. The Hall–Kier alpha value is -0.660. The smallest absolute Gasteiger partial charge is 0.0663 e. The minimum atomic E-state index is 0.641. The fourth-order valence-electron chi connectivity index (χ4n) is 1.28. The van der Waals surface area contributed by atoms with Crippen molar-refractivity contribution in [1.82, 2.24) is 4.98 Å². The molecule has 0 saturated carbocycles. The summed E-state index contributed by atoms with van der Waals surface area (Å²) < 4.78 is 0. The topological polar surface area (TPSA) is 15.8 Å². The van der Waals surface area contributed by atoms with Crippen LogP contribution in [0.25, 0.3) is 10.9 Å². The quantitative estimate of drug-likeness (QED) is 0.667. The lowest BCUT2D eigenvalue weighted by Crippen LogP contribution is -1.72. The lowest BCUT2D eigenvalue weighted by atomic mass is 10.2. The number of hydrogen-bond donors (Lipinski definition) is 1. The maximum absolute atomic E-state index is 5.98. The van der Waals surface area contributed by atoms with Crippen molar-refractivity contribution in [2.24, 2.45) is 0 Å². The molecule has 0 aliphatic heterocycles. The van der Waals surface area contributed by atoms with Crippen LogP contribution in [0.5, 0.6) is 0 Å². The Labute approximate surface area is 80.3 Å². The fourth-order valence-corrected chi connectivity index (χ4v) is 1.91. The average Bonchev–Trinajstić information content (AvgIpc) is 2.31. The molecule has 12 heavy (non-hydrogen) atoms. The van der Waals surface area contributed by atoms with Crippen molar-refractivity contribution in [2.75, 3.05) is 0 Å². The monoisotopic (exact) mass is 198 g/mol. The molecule has 1 nitrogen and oxygen atoms in total. The zero-order valence-electron chi connectivity index (χ0n) is 6.41. The maximum atomic E-state index is 5.98. The fraction of sp³-hybridized carbons (Fsp3) is 0.111. The van der Waals surface area contributed by atoms with Crippen LogP contribution >= 0.6 is 23.2 Å². The third-order valence-electron chi connectivity index (χ3n) is 1.81. The second-order valence-electron chi connectivity index (χ2n) is 2.69. The van der Waals surface area contributed by atoms with Crippen LogP contribution in [0.15, 0.2) is 12.1 Å². The van der Waals surface area contributed by atoms with E-state index in [9.17, 15) is 0 Å². The minimum absolute atomic E-state index is 0.641. The summed E-state index contributed by atoms with van der Waals surface area (Å²) in [5.41, 5.74) is 1.96. The number of nitrogens with one attached hydrogen (secondary N) is 1. The van der Waals surface area contributed by atoms with Gasteiger partial charge >= 0.3 is 0 Å². The molecule has 2 rings (SSSR count). The molecule has 0 fully saturated rings. The highest BCUT2D eigenvalue weighted by Crippen LogP contribution is 2.29. The van der Waals surface area contributed by atoms with Gasteiger partial charge in [0.2, 0.25) is 0 Å². The number of rotatable bonds is 0. The molecule has 0 atom stereocenters. The van der Waals surface area contributed by atoms with Gasteiger partial charge in [-0.2, -0.15) is 0 Å². The van der Waals surface area contributed by atoms with E-state index in [-0.39, 0.29) is 0 Å². The highest BCUT2D eigenvalue weighted by Gasteiger charge is 2.05. The number of aryl methyl sites for hydroxylation is 1. The van der Waals surface area contributed by atoms with Crippen LogP contribution in [0.2, 0.25) is 10.0 Å². The van der Waals surface area contributed by atoms with Crippen LogP contribution in [-0.4, -0.2) is 4.98 Å². The molecule has 1 N–H and O–H groups in total. The van der Waals surface area contributed by atoms with Crippen molar-refractivity contribution >= 4 is 34.1 Å².